The summed E-state index contributed by atoms with van der Waals surface area (Å²) in [5.74, 6) is 1.09. The predicted molar refractivity (Wildman–Crippen MR) is 135 cm³/mol. The Labute approximate surface area is 202 Å². The maximum absolute atomic E-state index is 11.7. The lowest BCUT2D eigenvalue weighted by atomic mass is 9.47. The van der Waals surface area contributed by atoms with Crippen LogP contribution in [0.3, 0.4) is 0 Å². The van der Waals surface area contributed by atoms with Gasteiger partial charge in [0.05, 0.1) is 0 Å². The molecule has 4 atom stereocenters. The first-order valence-electron chi connectivity index (χ1n) is 13.5. The van der Waals surface area contributed by atoms with E-state index in [0.29, 0.717) is 35.5 Å². The zero-order valence-electron chi connectivity index (χ0n) is 21.9. The molecule has 0 spiro atoms. The Kier molecular flexibility index (Phi) is 10.9. The summed E-state index contributed by atoms with van der Waals surface area (Å²) in [6.45, 7) is 5.01. The lowest BCUT2D eigenvalue weighted by Gasteiger charge is -2.58. The first-order chi connectivity index (χ1) is 15.7. The molecule has 0 saturated heterocycles. The van der Waals surface area contributed by atoms with Gasteiger partial charge in [-0.2, -0.15) is 0 Å². The molecular formula is C28H50N2O3. The average Bonchev–Trinajstić information content (AvgIpc) is 2.76. The summed E-state index contributed by atoms with van der Waals surface area (Å²) in [6.07, 6.45) is 19.7. The number of hydrogen-bond acceptors (Lipinski definition) is 3. The molecule has 0 radical (unpaired) electrons. The minimum absolute atomic E-state index is 0.151. The van der Waals surface area contributed by atoms with Gasteiger partial charge in [-0.25, -0.2) is 0 Å². The molecule has 4 unspecified atom stereocenters. The van der Waals surface area contributed by atoms with Crippen LogP contribution in [-0.4, -0.2) is 32.2 Å². The molecule has 0 aromatic carbocycles. The first-order valence-corrected chi connectivity index (χ1v) is 13.5. The number of fused-ring (bicyclic) bond motifs is 2. The molecule has 2 bridgehead atoms. The Balaban J connectivity index is 2.04. The molecule has 0 aromatic heterocycles. The van der Waals surface area contributed by atoms with Gasteiger partial charge in [0.15, 0.2) is 0 Å². The van der Waals surface area contributed by atoms with Gasteiger partial charge < -0.3 is 15.4 Å². The lowest BCUT2D eigenvalue weighted by molar-refractivity contribution is -0.121. The summed E-state index contributed by atoms with van der Waals surface area (Å²) in [5.41, 5.74) is 1.14. The van der Waals surface area contributed by atoms with Crippen LogP contribution in [0.5, 0.6) is 0 Å². The van der Waals surface area contributed by atoms with Gasteiger partial charge in [0, 0.05) is 33.4 Å². The molecule has 0 aromatic rings. The van der Waals surface area contributed by atoms with Crippen LogP contribution in [0, 0.1) is 22.2 Å². The van der Waals surface area contributed by atoms with Crippen molar-refractivity contribution in [2.75, 3.05) is 14.1 Å². The topological polar surface area (TPSA) is 75.3 Å². The number of amides is 2. The summed E-state index contributed by atoms with van der Waals surface area (Å²) in [6, 6.07) is 0. The number of aldehydes is 1. The van der Waals surface area contributed by atoms with Gasteiger partial charge in [-0.1, -0.05) is 33.1 Å². The molecule has 2 N–H and O–H groups in total. The van der Waals surface area contributed by atoms with Crippen LogP contribution in [0.4, 0.5) is 0 Å². The Hall–Kier alpha value is -1.39. The van der Waals surface area contributed by atoms with Crippen LogP contribution in [0.1, 0.15) is 123 Å². The Morgan fingerprint density at radius 2 is 1.24 bits per heavy atom. The van der Waals surface area contributed by atoms with E-state index in [1.807, 2.05) is 0 Å². The van der Waals surface area contributed by atoms with E-state index < -0.39 is 0 Å². The van der Waals surface area contributed by atoms with Crippen molar-refractivity contribution in [3.8, 4) is 0 Å². The van der Waals surface area contributed by atoms with Gasteiger partial charge in [0.1, 0.15) is 6.29 Å². The van der Waals surface area contributed by atoms with Crippen LogP contribution < -0.4 is 10.6 Å². The Morgan fingerprint density at radius 3 is 1.73 bits per heavy atom. The third kappa shape index (κ3) is 9.05. The first kappa shape index (κ1) is 27.9. The fraction of sp³-hybridized carbons (Fsp3) is 0.893. The van der Waals surface area contributed by atoms with E-state index in [1.54, 1.807) is 14.1 Å². The maximum atomic E-state index is 11.7. The number of carbonyl (C=O) groups excluding carboxylic acids is 3. The minimum Gasteiger partial charge on any atom is -0.359 e. The van der Waals surface area contributed by atoms with Gasteiger partial charge in [0.2, 0.25) is 11.8 Å². The molecule has 2 aliphatic rings. The fourth-order valence-corrected chi connectivity index (χ4v) is 7.70. The minimum atomic E-state index is 0.151. The van der Waals surface area contributed by atoms with E-state index in [2.05, 4.69) is 24.5 Å². The number of nitrogens with one attached hydrogen (secondary N) is 2. The van der Waals surface area contributed by atoms with E-state index in [-0.39, 0.29) is 11.8 Å². The lowest BCUT2D eigenvalue weighted by Crippen LogP contribution is -2.47. The van der Waals surface area contributed by atoms with Crippen LogP contribution in [0.25, 0.3) is 0 Å². The molecule has 2 rings (SSSR count). The molecule has 2 fully saturated rings. The quantitative estimate of drug-likeness (QED) is 0.233. The van der Waals surface area contributed by atoms with Crippen molar-refractivity contribution in [2.24, 2.45) is 22.2 Å². The molecule has 5 heteroatoms. The van der Waals surface area contributed by atoms with Crippen molar-refractivity contribution in [2.45, 2.75) is 123 Å². The summed E-state index contributed by atoms with van der Waals surface area (Å²) in [5, 5.41) is 5.49. The van der Waals surface area contributed by atoms with Crippen LogP contribution in [0.2, 0.25) is 0 Å². The molecule has 0 aliphatic heterocycles. The smallest absolute Gasteiger partial charge is 0.219 e. The third-order valence-corrected chi connectivity index (χ3v) is 8.59. The molecule has 0 heterocycles. The summed E-state index contributed by atoms with van der Waals surface area (Å²) in [4.78, 5) is 34.1. The predicted octanol–water partition coefficient (Wildman–Crippen LogP) is 5.95. The summed E-state index contributed by atoms with van der Waals surface area (Å²) < 4.78 is 0. The molecular weight excluding hydrogens is 412 g/mol. The highest BCUT2D eigenvalue weighted by atomic mass is 16.2. The molecule has 2 aliphatic carbocycles. The van der Waals surface area contributed by atoms with Crippen molar-refractivity contribution in [1.29, 1.82) is 0 Å². The van der Waals surface area contributed by atoms with Crippen molar-refractivity contribution >= 4 is 18.1 Å². The van der Waals surface area contributed by atoms with E-state index in [9.17, 15) is 14.4 Å². The molecule has 33 heavy (non-hydrogen) atoms. The zero-order chi connectivity index (χ0) is 24.4. The van der Waals surface area contributed by atoms with Gasteiger partial charge in [-0.05, 0) is 92.8 Å². The highest BCUT2D eigenvalue weighted by Crippen LogP contribution is 2.64. The number of unbranched alkanes of at least 4 members (excludes halogenated alkanes) is 4. The van der Waals surface area contributed by atoms with Gasteiger partial charge in [0.25, 0.3) is 0 Å². The molecule has 190 valence electrons. The molecule has 5 nitrogen and oxygen atoms in total. The zero-order valence-corrected chi connectivity index (χ0v) is 21.9. The van der Waals surface area contributed by atoms with Crippen molar-refractivity contribution in [3.63, 3.8) is 0 Å². The Bertz CT molecular complexity index is 649. The third-order valence-electron chi connectivity index (χ3n) is 8.59. The normalized spacial score (nSPS) is 31.1. The highest BCUT2D eigenvalue weighted by molar-refractivity contribution is 5.75. The van der Waals surface area contributed by atoms with E-state index in [0.717, 1.165) is 50.7 Å². The standard InChI is InChI=1S/C28H50N2O3/c1-26(14-8-5-11-17-31)18-23-19-27(2,15-9-6-12-24(32)29-3)22-28(20-23,21-26)16-10-7-13-25(33)30-4/h17,23H,5-16,18-22H2,1-4H3,(H,29,32)(H,30,33). The maximum Gasteiger partial charge on any atom is 0.219 e. The summed E-state index contributed by atoms with van der Waals surface area (Å²) >= 11 is 0. The Morgan fingerprint density at radius 1 is 0.758 bits per heavy atom. The second-order valence-electron chi connectivity index (χ2n) is 12.1. The average molecular weight is 463 g/mol. The van der Waals surface area contributed by atoms with Crippen LogP contribution in [0.15, 0.2) is 0 Å². The summed E-state index contributed by atoms with van der Waals surface area (Å²) in [7, 11) is 3.44. The van der Waals surface area contributed by atoms with Crippen molar-refractivity contribution in [3.05, 3.63) is 0 Å². The molecule has 2 saturated carbocycles. The second kappa shape index (κ2) is 12.9. The van der Waals surface area contributed by atoms with E-state index >= 15 is 0 Å². The van der Waals surface area contributed by atoms with E-state index in [1.165, 1.54) is 51.4 Å². The number of hydrogen-bond donors (Lipinski definition) is 2. The van der Waals surface area contributed by atoms with Gasteiger partial charge in [-0.15, -0.1) is 0 Å². The van der Waals surface area contributed by atoms with Crippen molar-refractivity contribution in [1.82, 2.24) is 10.6 Å². The second-order valence-corrected chi connectivity index (χ2v) is 12.1. The monoisotopic (exact) mass is 462 g/mol. The number of rotatable bonds is 15. The van der Waals surface area contributed by atoms with Gasteiger partial charge in [-0.3, -0.25) is 9.59 Å². The molecule has 2 amide bonds. The van der Waals surface area contributed by atoms with Crippen LogP contribution >= 0.6 is 0 Å². The number of carbonyl (C=O) groups is 3. The highest BCUT2D eigenvalue weighted by Gasteiger charge is 2.52. The largest absolute Gasteiger partial charge is 0.359 e. The van der Waals surface area contributed by atoms with Crippen LogP contribution in [-0.2, 0) is 14.4 Å². The SMILES string of the molecule is CNC(=O)CCCCC1(C)CC2CC(C)(CCCCC=O)CC(CCCCC(=O)NC)(C2)C1. The van der Waals surface area contributed by atoms with E-state index in [4.69, 9.17) is 0 Å². The fourth-order valence-electron chi connectivity index (χ4n) is 7.70. The van der Waals surface area contributed by atoms with Gasteiger partial charge >= 0.3 is 0 Å². The van der Waals surface area contributed by atoms with Crippen molar-refractivity contribution < 1.29 is 14.4 Å².